The standard InChI is InChI=1S/C20H22N2O3/c1-15-5-3-4-6-18(15)19(23)22-13-11-21(12-14-22)17-9-7-16(8-10-17)20(24)25-2/h3-10H,11-14H2,1-2H3. The number of anilines is 1. The Morgan fingerprint density at radius 3 is 2.16 bits per heavy atom. The third-order valence-electron chi connectivity index (χ3n) is 4.60. The fraction of sp³-hybridized carbons (Fsp3) is 0.300. The molecule has 5 heteroatoms. The molecular formula is C20H22N2O3. The molecule has 0 aliphatic carbocycles. The van der Waals surface area contributed by atoms with Gasteiger partial charge in [0.1, 0.15) is 0 Å². The van der Waals surface area contributed by atoms with Gasteiger partial charge in [0, 0.05) is 37.4 Å². The van der Waals surface area contributed by atoms with Crippen LogP contribution in [0.2, 0.25) is 0 Å². The maximum atomic E-state index is 12.7. The summed E-state index contributed by atoms with van der Waals surface area (Å²) in [5, 5.41) is 0. The first-order valence-electron chi connectivity index (χ1n) is 8.38. The minimum atomic E-state index is -0.333. The van der Waals surface area contributed by atoms with Crippen LogP contribution < -0.4 is 4.90 Å². The zero-order valence-corrected chi connectivity index (χ0v) is 14.6. The quantitative estimate of drug-likeness (QED) is 0.808. The van der Waals surface area contributed by atoms with Gasteiger partial charge in [0.2, 0.25) is 0 Å². The lowest BCUT2D eigenvalue weighted by atomic mass is 10.1. The van der Waals surface area contributed by atoms with E-state index in [1.165, 1.54) is 7.11 Å². The Bertz CT molecular complexity index is 763. The predicted molar refractivity (Wildman–Crippen MR) is 97.1 cm³/mol. The molecule has 0 aromatic heterocycles. The number of ether oxygens (including phenoxy) is 1. The van der Waals surface area contributed by atoms with E-state index < -0.39 is 0 Å². The molecule has 5 nitrogen and oxygen atoms in total. The van der Waals surface area contributed by atoms with Crippen molar-refractivity contribution in [2.75, 3.05) is 38.2 Å². The van der Waals surface area contributed by atoms with Gasteiger partial charge >= 0.3 is 5.97 Å². The highest BCUT2D eigenvalue weighted by Crippen LogP contribution is 2.19. The summed E-state index contributed by atoms with van der Waals surface area (Å²) in [6.45, 7) is 4.88. The highest BCUT2D eigenvalue weighted by molar-refractivity contribution is 5.95. The molecule has 1 amide bonds. The van der Waals surface area contributed by atoms with Crippen LogP contribution in [0.3, 0.4) is 0 Å². The molecule has 0 spiro atoms. The van der Waals surface area contributed by atoms with Crippen molar-refractivity contribution in [1.82, 2.24) is 4.90 Å². The molecule has 130 valence electrons. The minimum Gasteiger partial charge on any atom is -0.465 e. The van der Waals surface area contributed by atoms with E-state index >= 15 is 0 Å². The third-order valence-corrected chi connectivity index (χ3v) is 4.60. The molecule has 2 aromatic rings. The van der Waals surface area contributed by atoms with Crippen molar-refractivity contribution in [3.63, 3.8) is 0 Å². The molecule has 1 aliphatic rings. The van der Waals surface area contributed by atoms with Gasteiger partial charge in [-0.25, -0.2) is 4.79 Å². The Morgan fingerprint density at radius 1 is 0.920 bits per heavy atom. The number of aryl methyl sites for hydroxylation is 1. The summed E-state index contributed by atoms with van der Waals surface area (Å²) in [6, 6.07) is 15.1. The van der Waals surface area contributed by atoms with Crippen molar-refractivity contribution in [1.29, 1.82) is 0 Å². The molecule has 0 N–H and O–H groups in total. The number of esters is 1. The number of nitrogens with zero attached hydrogens (tertiary/aromatic N) is 2. The number of amides is 1. The van der Waals surface area contributed by atoms with E-state index in [1.807, 2.05) is 48.2 Å². The van der Waals surface area contributed by atoms with E-state index in [2.05, 4.69) is 4.90 Å². The average molecular weight is 338 g/mol. The Kier molecular flexibility index (Phi) is 5.03. The van der Waals surface area contributed by atoms with E-state index in [9.17, 15) is 9.59 Å². The van der Waals surface area contributed by atoms with Crippen molar-refractivity contribution >= 4 is 17.6 Å². The summed E-state index contributed by atoms with van der Waals surface area (Å²) in [6.07, 6.45) is 0. The van der Waals surface area contributed by atoms with Crippen LogP contribution in [0.1, 0.15) is 26.3 Å². The second kappa shape index (κ2) is 7.38. The van der Waals surface area contributed by atoms with Gasteiger partial charge in [-0.3, -0.25) is 4.79 Å². The number of carbonyl (C=O) groups is 2. The molecule has 0 radical (unpaired) electrons. The van der Waals surface area contributed by atoms with E-state index in [-0.39, 0.29) is 11.9 Å². The van der Waals surface area contributed by atoms with Crippen LogP contribution in [-0.2, 0) is 4.74 Å². The van der Waals surface area contributed by atoms with Crippen molar-refractivity contribution in [3.05, 3.63) is 65.2 Å². The van der Waals surface area contributed by atoms with Crippen LogP contribution in [-0.4, -0.2) is 50.1 Å². The number of benzene rings is 2. The summed E-state index contributed by atoms with van der Waals surface area (Å²) < 4.78 is 4.72. The highest BCUT2D eigenvalue weighted by Gasteiger charge is 2.23. The Labute approximate surface area is 147 Å². The van der Waals surface area contributed by atoms with Crippen LogP contribution in [0.4, 0.5) is 5.69 Å². The molecular weight excluding hydrogens is 316 g/mol. The summed E-state index contributed by atoms with van der Waals surface area (Å²) in [5.41, 5.74) is 3.38. The number of hydrogen-bond acceptors (Lipinski definition) is 4. The van der Waals surface area contributed by atoms with E-state index in [0.29, 0.717) is 18.7 Å². The second-order valence-electron chi connectivity index (χ2n) is 6.13. The normalized spacial score (nSPS) is 14.3. The largest absolute Gasteiger partial charge is 0.465 e. The molecule has 0 unspecified atom stereocenters. The zero-order chi connectivity index (χ0) is 17.8. The highest BCUT2D eigenvalue weighted by atomic mass is 16.5. The molecule has 1 saturated heterocycles. The Hall–Kier alpha value is -2.82. The molecule has 0 bridgehead atoms. The number of piperazine rings is 1. The van der Waals surface area contributed by atoms with Crippen molar-refractivity contribution in [2.24, 2.45) is 0 Å². The molecule has 1 heterocycles. The van der Waals surface area contributed by atoms with Gasteiger partial charge in [-0.05, 0) is 42.8 Å². The zero-order valence-electron chi connectivity index (χ0n) is 14.6. The van der Waals surface area contributed by atoms with Crippen molar-refractivity contribution in [3.8, 4) is 0 Å². The van der Waals surface area contributed by atoms with E-state index in [0.717, 1.165) is 29.9 Å². The van der Waals surface area contributed by atoms with Gasteiger partial charge in [0.15, 0.2) is 0 Å². The third kappa shape index (κ3) is 3.65. The molecule has 25 heavy (non-hydrogen) atoms. The predicted octanol–water partition coefficient (Wildman–Crippen LogP) is 2.74. The fourth-order valence-electron chi connectivity index (χ4n) is 3.08. The van der Waals surface area contributed by atoms with Gasteiger partial charge < -0.3 is 14.5 Å². The van der Waals surface area contributed by atoms with Crippen LogP contribution >= 0.6 is 0 Å². The van der Waals surface area contributed by atoms with Crippen molar-refractivity contribution in [2.45, 2.75) is 6.92 Å². The monoisotopic (exact) mass is 338 g/mol. The molecule has 0 atom stereocenters. The van der Waals surface area contributed by atoms with E-state index in [4.69, 9.17) is 4.74 Å². The van der Waals surface area contributed by atoms with Crippen molar-refractivity contribution < 1.29 is 14.3 Å². The number of rotatable bonds is 3. The SMILES string of the molecule is COC(=O)c1ccc(N2CCN(C(=O)c3ccccc3C)CC2)cc1. The van der Waals surface area contributed by atoms with Gasteiger partial charge in [0.05, 0.1) is 12.7 Å². The van der Waals surface area contributed by atoms with Crippen LogP contribution in [0.25, 0.3) is 0 Å². The van der Waals surface area contributed by atoms with Crippen LogP contribution in [0.5, 0.6) is 0 Å². The number of methoxy groups -OCH3 is 1. The second-order valence-corrected chi connectivity index (χ2v) is 6.13. The molecule has 1 aliphatic heterocycles. The fourth-order valence-corrected chi connectivity index (χ4v) is 3.08. The Balaban J connectivity index is 1.63. The van der Waals surface area contributed by atoms with Gasteiger partial charge in [-0.2, -0.15) is 0 Å². The lowest BCUT2D eigenvalue weighted by Crippen LogP contribution is -2.48. The number of carbonyl (C=O) groups excluding carboxylic acids is 2. The van der Waals surface area contributed by atoms with Gasteiger partial charge in [-0.15, -0.1) is 0 Å². The lowest BCUT2D eigenvalue weighted by molar-refractivity contribution is 0.0600. The molecule has 1 fully saturated rings. The number of hydrogen-bond donors (Lipinski definition) is 0. The minimum absolute atomic E-state index is 0.0961. The molecule has 2 aromatic carbocycles. The first kappa shape index (κ1) is 17.0. The van der Waals surface area contributed by atoms with Crippen LogP contribution in [0, 0.1) is 6.92 Å². The van der Waals surface area contributed by atoms with E-state index in [1.54, 1.807) is 12.1 Å². The smallest absolute Gasteiger partial charge is 0.337 e. The van der Waals surface area contributed by atoms with Gasteiger partial charge in [-0.1, -0.05) is 18.2 Å². The summed E-state index contributed by atoms with van der Waals surface area (Å²) in [5.74, 6) is -0.237. The Morgan fingerprint density at radius 2 is 1.56 bits per heavy atom. The molecule has 0 saturated carbocycles. The summed E-state index contributed by atoms with van der Waals surface area (Å²) >= 11 is 0. The topological polar surface area (TPSA) is 49.9 Å². The maximum Gasteiger partial charge on any atom is 0.337 e. The lowest BCUT2D eigenvalue weighted by Gasteiger charge is -2.36. The summed E-state index contributed by atoms with van der Waals surface area (Å²) in [7, 11) is 1.38. The maximum absolute atomic E-state index is 12.7. The first-order valence-corrected chi connectivity index (χ1v) is 8.38. The molecule has 3 rings (SSSR count). The average Bonchev–Trinajstić information content (AvgIpc) is 2.67. The summed E-state index contributed by atoms with van der Waals surface area (Å²) in [4.78, 5) is 28.3. The van der Waals surface area contributed by atoms with Crippen LogP contribution in [0.15, 0.2) is 48.5 Å². The first-order chi connectivity index (χ1) is 12.1. The van der Waals surface area contributed by atoms with Gasteiger partial charge in [0.25, 0.3) is 5.91 Å².